The molecule has 9 N–H and O–H groups in total. The van der Waals surface area contributed by atoms with Crippen molar-refractivity contribution >= 4 is 19.4 Å². The number of aliphatic hydroxyl groups is 2. The van der Waals surface area contributed by atoms with Gasteiger partial charge in [-0.2, -0.15) is 0 Å². The van der Waals surface area contributed by atoms with Crippen molar-refractivity contribution in [1.82, 2.24) is 4.57 Å². The fourth-order valence-electron chi connectivity index (χ4n) is 2.82. The number of fused-ring (bicyclic) bond motifs is 1. The summed E-state index contributed by atoms with van der Waals surface area (Å²) in [4.78, 5) is 21.8. The molecule has 0 aliphatic carbocycles. The zero-order valence-electron chi connectivity index (χ0n) is 13.2. The van der Waals surface area contributed by atoms with Gasteiger partial charge >= 0.3 is 7.60 Å². The van der Waals surface area contributed by atoms with E-state index in [1.165, 1.54) is 11.5 Å². The van der Waals surface area contributed by atoms with Crippen molar-refractivity contribution < 1.29 is 34.0 Å². The summed E-state index contributed by atoms with van der Waals surface area (Å²) in [5, 5.41) is 23.7. The molecule has 2 unspecified atom stereocenters. The van der Waals surface area contributed by atoms with E-state index in [4.69, 9.17) is 30.7 Å². The summed E-state index contributed by atoms with van der Waals surface area (Å²) >= 11 is 0. The SMILES string of the molecule is C[C@@]1(O)C(O)[C@@H](OCP(=O)(O)O)O[C@H]1n1ccc2c1NC(N)=NC2N. The van der Waals surface area contributed by atoms with Crippen LogP contribution in [0.2, 0.25) is 0 Å². The maximum Gasteiger partial charge on any atom is 0.351 e. The molecule has 2 aliphatic rings. The Morgan fingerprint density at radius 1 is 1.56 bits per heavy atom. The highest BCUT2D eigenvalue weighted by molar-refractivity contribution is 7.51. The standard InChI is InChI=1S/C12H20N5O7P/c1-12(19)6(18)9(23-4-25(20,21)22)24-10(12)17-3-2-5-7(13)15-11(14)16-8(5)17/h2-3,6-7,9-10,18-19H,4,13H2,1H3,(H3,14,15,16)(H2,20,21,22)/t6?,7?,9-,10+,12+/m0/s1. The van der Waals surface area contributed by atoms with Crippen molar-refractivity contribution in [3.8, 4) is 0 Å². The van der Waals surface area contributed by atoms with Gasteiger partial charge in [0.15, 0.2) is 24.8 Å². The normalized spacial score (nSPS) is 35.2. The van der Waals surface area contributed by atoms with Crippen molar-refractivity contribution in [3.05, 3.63) is 17.8 Å². The highest BCUT2D eigenvalue weighted by atomic mass is 31.2. The molecule has 13 heteroatoms. The summed E-state index contributed by atoms with van der Waals surface area (Å²) in [6.45, 7) is 1.32. The quantitative estimate of drug-likeness (QED) is 0.297. The second kappa shape index (κ2) is 6.04. The maximum absolute atomic E-state index is 10.9. The number of aliphatic imine (C=N–C) groups is 1. The third-order valence-electron chi connectivity index (χ3n) is 4.07. The van der Waals surface area contributed by atoms with Crippen LogP contribution in [0.4, 0.5) is 5.82 Å². The number of aliphatic hydroxyl groups excluding tert-OH is 1. The Morgan fingerprint density at radius 3 is 2.88 bits per heavy atom. The number of hydrogen-bond acceptors (Lipinski definition) is 9. The number of anilines is 1. The van der Waals surface area contributed by atoms with Crippen LogP contribution >= 0.6 is 7.60 Å². The second-order valence-electron chi connectivity index (χ2n) is 6.10. The zero-order valence-corrected chi connectivity index (χ0v) is 14.1. The molecule has 0 saturated carbocycles. The first-order valence-electron chi connectivity index (χ1n) is 7.29. The lowest BCUT2D eigenvalue weighted by Gasteiger charge is -2.29. The number of nitrogens with two attached hydrogens (primary N) is 2. The second-order valence-corrected chi connectivity index (χ2v) is 7.69. The van der Waals surface area contributed by atoms with Gasteiger partial charge in [-0.05, 0) is 13.0 Å². The van der Waals surface area contributed by atoms with Crippen molar-refractivity contribution in [2.75, 3.05) is 11.7 Å². The summed E-state index contributed by atoms with van der Waals surface area (Å²) in [5.41, 5.74) is 10.3. The van der Waals surface area contributed by atoms with E-state index >= 15 is 0 Å². The predicted molar refractivity (Wildman–Crippen MR) is 85.1 cm³/mol. The Kier molecular flexibility index (Phi) is 4.42. The summed E-state index contributed by atoms with van der Waals surface area (Å²) in [6.07, 6.45) is -4.21. The summed E-state index contributed by atoms with van der Waals surface area (Å²) in [6, 6.07) is 1.65. The number of guanidine groups is 1. The smallest absolute Gasteiger partial charge is 0.351 e. The van der Waals surface area contributed by atoms with Gasteiger partial charge in [0.25, 0.3) is 0 Å². The number of hydrogen-bond donors (Lipinski definition) is 7. The first-order valence-corrected chi connectivity index (χ1v) is 9.09. The van der Waals surface area contributed by atoms with E-state index in [1.807, 2.05) is 0 Å². The molecule has 25 heavy (non-hydrogen) atoms. The number of nitrogens with one attached hydrogen (secondary N) is 1. The molecule has 12 nitrogen and oxygen atoms in total. The van der Waals surface area contributed by atoms with E-state index in [0.29, 0.717) is 11.4 Å². The molecule has 2 aliphatic heterocycles. The van der Waals surface area contributed by atoms with E-state index in [1.54, 1.807) is 12.3 Å². The molecule has 1 fully saturated rings. The van der Waals surface area contributed by atoms with Crippen LogP contribution in [0, 0.1) is 0 Å². The minimum absolute atomic E-state index is 0.0763. The van der Waals surface area contributed by atoms with Crippen LogP contribution in [0.5, 0.6) is 0 Å². The molecule has 1 aromatic rings. The first kappa shape index (κ1) is 18.3. The van der Waals surface area contributed by atoms with E-state index in [2.05, 4.69) is 10.3 Å². The zero-order chi connectivity index (χ0) is 18.6. The van der Waals surface area contributed by atoms with Crippen molar-refractivity contribution in [2.24, 2.45) is 16.5 Å². The molecule has 1 aromatic heterocycles. The van der Waals surface area contributed by atoms with E-state index < -0.39 is 44.3 Å². The van der Waals surface area contributed by atoms with Gasteiger partial charge in [-0.1, -0.05) is 0 Å². The van der Waals surface area contributed by atoms with Crippen LogP contribution in [-0.4, -0.2) is 54.9 Å². The molecular weight excluding hydrogens is 357 g/mol. The van der Waals surface area contributed by atoms with Crippen LogP contribution in [-0.2, 0) is 14.0 Å². The number of nitrogens with zero attached hydrogens (tertiary/aromatic N) is 2. The number of ether oxygens (including phenoxy) is 2. The molecule has 0 bridgehead atoms. The molecule has 3 rings (SSSR count). The van der Waals surface area contributed by atoms with Crippen LogP contribution in [0.3, 0.4) is 0 Å². The number of aromatic nitrogens is 1. The van der Waals surface area contributed by atoms with Crippen LogP contribution in [0.15, 0.2) is 17.3 Å². The highest BCUT2D eigenvalue weighted by Crippen LogP contribution is 2.44. The molecule has 0 aromatic carbocycles. The van der Waals surface area contributed by atoms with E-state index in [0.717, 1.165) is 0 Å². The molecular formula is C12H20N5O7P. The largest absolute Gasteiger partial charge is 0.385 e. The van der Waals surface area contributed by atoms with Crippen LogP contribution in [0.25, 0.3) is 0 Å². The maximum atomic E-state index is 10.9. The van der Waals surface area contributed by atoms with Crippen LogP contribution < -0.4 is 16.8 Å². The minimum atomic E-state index is -4.46. The Morgan fingerprint density at radius 2 is 2.24 bits per heavy atom. The molecule has 0 amide bonds. The van der Waals surface area contributed by atoms with E-state index in [-0.39, 0.29) is 5.96 Å². The number of rotatable bonds is 4. The predicted octanol–water partition coefficient (Wildman–Crippen LogP) is -1.70. The Balaban J connectivity index is 1.87. The minimum Gasteiger partial charge on any atom is -0.385 e. The molecule has 0 spiro atoms. The molecule has 5 atom stereocenters. The fraction of sp³-hybridized carbons (Fsp3) is 0.583. The highest BCUT2D eigenvalue weighted by Gasteiger charge is 2.54. The van der Waals surface area contributed by atoms with Gasteiger partial charge in [-0.25, -0.2) is 4.99 Å². The first-order chi connectivity index (χ1) is 11.5. The Hall–Kier alpha value is -1.50. The Labute approximate surface area is 142 Å². The average Bonchev–Trinajstić information content (AvgIpc) is 2.97. The van der Waals surface area contributed by atoms with Gasteiger partial charge in [0.1, 0.15) is 23.7 Å². The van der Waals surface area contributed by atoms with Gasteiger partial charge in [-0.3, -0.25) is 4.57 Å². The van der Waals surface area contributed by atoms with Gasteiger partial charge < -0.3 is 50.8 Å². The van der Waals surface area contributed by atoms with Gasteiger partial charge in [0.2, 0.25) is 0 Å². The monoisotopic (exact) mass is 377 g/mol. The summed E-state index contributed by atoms with van der Waals surface area (Å²) in [7, 11) is -4.46. The molecule has 1 saturated heterocycles. The third-order valence-corrected chi connectivity index (χ3v) is 4.55. The van der Waals surface area contributed by atoms with Gasteiger partial charge in [-0.15, -0.1) is 0 Å². The Bertz CT molecular complexity index is 744. The lowest BCUT2D eigenvalue weighted by Crippen LogP contribution is -2.44. The van der Waals surface area contributed by atoms with Crippen molar-refractivity contribution in [1.29, 1.82) is 0 Å². The van der Waals surface area contributed by atoms with Crippen LogP contribution in [0.1, 0.15) is 24.9 Å². The lowest BCUT2D eigenvalue weighted by molar-refractivity contribution is -0.168. The summed E-state index contributed by atoms with van der Waals surface area (Å²) < 4.78 is 22.8. The molecule has 140 valence electrons. The summed E-state index contributed by atoms with van der Waals surface area (Å²) in [5.74, 6) is 0.501. The van der Waals surface area contributed by atoms with Gasteiger partial charge in [0, 0.05) is 11.8 Å². The third kappa shape index (κ3) is 3.30. The van der Waals surface area contributed by atoms with E-state index in [9.17, 15) is 14.8 Å². The average molecular weight is 377 g/mol. The fourth-order valence-corrected chi connectivity index (χ4v) is 3.16. The molecule has 3 heterocycles. The van der Waals surface area contributed by atoms with Gasteiger partial charge in [0.05, 0.1) is 0 Å². The lowest BCUT2D eigenvalue weighted by atomic mass is 9.99. The van der Waals surface area contributed by atoms with Crippen molar-refractivity contribution in [2.45, 2.75) is 37.3 Å². The topological polar surface area (TPSA) is 198 Å². The molecule has 0 radical (unpaired) electrons. The van der Waals surface area contributed by atoms with Crippen molar-refractivity contribution in [3.63, 3.8) is 0 Å².